The van der Waals surface area contributed by atoms with Gasteiger partial charge in [0.15, 0.2) is 0 Å². The van der Waals surface area contributed by atoms with E-state index in [4.69, 9.17) is 0 Å². The topological polar surface area (TPSA) is 3.24 Å². The van der Waals surface area contributed by atoms with E-state index in [-0.39, 0.29) is 0 Å². The summed E-state index contributed by atoms with van der Waals surface area (Å²) < 4.78 is 0. The standard InChI is InChI=1S/C63H47N.C11H14.C7H10/c1-42-33-35-44(36-34-42)60-51-24-7-11-28-55(51)62(56-29-12-8-25-52(56)60)46-19-15-20-47(41-46)63-57-30-13-9-26-53(57)61(54-27-10-14-31-58(54)63)45-37-39-49(40-38-45)64(48-21-3-2-4-22-48)59-32-16-18-43-17-5-6-23-50(43)59;1-9-6-7-10-4-2-3-5-11(10)8-9;1-4-6-7(3)5-2/h2-4,7-16,18-22,24-41H,5-6,17,23H2,1H3;6-8H,2-5H2,1H3;4-6H,1-2H2,3H3/b;;7-6-. The Bertz CT molecular complexity index is 4210. The third-order valence-electron chi connectivity index (χ3n) is 16.9. The van der Waals surface area contributed by atoms with Gasteiger partial charge in [0.2, 0.25) is 0 Å². The van der Waals surface area contributed by atoms with E-state index in [0.29, 0.717) is 0 Å². The molecule has 0 saturated carbocycles. The van der Waals surface area contributed by atoms with Gasteiger partial charge in [-0.2, -0.15) is 0 Å². The van der Waals surface area contributed by atoms with Gasteiger partial charge in [-0.1, -0.05) is 248 Å². The second-order valence-electron chi connectivity index (χ2n) is 22.3. The minimum Gasteiger partial charge on any atom is -0.310 e. The molecule has 0 unspecified atom stereocenters. The van der Waals surface area contributed by atoms with Crippen LogP contribution < -0.4 is 4.90 Å². The fourth-order valence-electron chi connectivity index (χ4n) is 12.9. The average Bonchev–Trinajstić information content (AvgIpc) is 2.96. The van der Waals surface area contributed by atoms with Gasteiger partial charge in [0, 0.05) is 17.1 Å². The molecule has 0 atom stereocenters. The van der Waals surface area contributed by atoms with E-state index >= 15 is 0 Å². The number of fused-ring (bicyclic) bond motifs is 6. The molecule has 1 heteroatoms. The largest absolute Gasteiger partial charge is 0.310 e. The van der Waals surface area contributed by atoms with Crippen LogP contribution in [0.4, 0.5) is 17.1 Å². The molecule has 2 aliphatic carbocycles. The highest BCUT2D eigenvalue weighted by atomic mass is 15.1. The average molecular weight is 1060 g/mol. The molecule has 0 aliphatic heterocycles. The van der Waals surface area contributed by atoms with Crippen LogP contribution in [-0.4, -0.2) is 0 Å². The van der Waals surface area contributed by atoms with Gasteiger partial charge < -0.3 is 4.90 Å². The number of hydrogen-bond acceptors (Lipinski definition) is 1. The third kappa shape index (κ3) is 10.8. The SMILES string of the molecule is C=C/C=C(/C)C=C.Cc1ccc(-c2c3ccccc3c(-c3cccc(-c4c5ccccc5c(-c5ccc(N(c6ccccc6)c6cccc7c6CCCC7)cc5)c5ccccc45)c3)c3ccccc23)cc1.Cc1ccc2c(c1)CCCC2. The Morgan fingerprint density at radius 3 is 1.26 bits per heavy atom. The second-order valence-corrected chi connectivity index (χ2v) is 22.3. The van der Waals surface area contributed by atoms with E-state index in [2.05, 4.69) is 268 Å². The summed E-state index contributed by atoms with van der Waals surface area (Å²) in [7, 11) is 0. The Balaban J connectivity index is 0.000000316. The lowest BCUT2D eigenvalue weighted by Gasteiger charge is -2.30. The Morgan fingerprint density at radius 1 is 0.354 bits per heavy atom. The molecule has 0 fully saturated rings. The predicted molar refractivity (Wildman–Crippen MR) is 356 cm³/mol. The zero-order valence-corrected chi connectivity index (χ0v) is 47.8. The highest BCUT2D eigenvalue weighted by Crippen LogP contribution is 2.48. The molecular weight excluding hydrogens is 987 g/mol. The molecule has 82 heavy (non-hydrogen) atoms. The maximum atomic E-state index is 3.56. The summed E-state index contributed by atoms with van der Waals surface area (Å²) in [5.74, 6) is 0. The van der Waals surface area contributed by atoms with Crippen molar-refractivity contribution in [3.8, 4) is 44.5 Å². The molecule has 0 amide bonds. The Labute approximate surface area is 485 Å². The van der Waals surface area contributed by atoms with Crippen LogP contribution in [0, 0.1) is 13.8 Å². The minimum atomic E-state index is 1.12. The molecule has 0 bridgehead atoms. The Morgan fingerprint density at radius 2 is 0.768 bits per heavy atom. The monoisotopic (exact) mass is 1060 g/mol. The van der Waals surface area contributed by atoms with Crippen molar-refractivity contribution >= 4 is 60.2 Å². The molecule has 0 aromatic heterocycles. The van der Waals surface area contributed by atoms with Gasteiger partial charge >= 0.3 is 0 Å². The summed E-state index contributed by atoms with van der Waals surface area (Å²) in [5, 5.41) is 10.1. The Kier molecular flexibility index (Phi) is 15.7. The number of para-hydroxylation sites is 1. The van der Waals surface area contributed by atoms with Crippen molar-refractivity contribution in [3.05, 3.63) is 307 Å². The molecule has 1 nitrogen and oxygen atoms in total. The Hall–Kier alpha value is -9.30. The van der Waals surface area contributed by atoms with Crippen molar-refractivity contribution < 1.29 is 0 Å². The first-order valence-electron chi connectivity index (χ1n) is 29.5. The van der Waals surface area contributed by atoms with Crippen molar-refractivity contribution in [3.63, 3.8) is 0 Å². The lowest BCUT2D eigenvalue weighted by atomic mass is 9.83. The van der Waals surface area contributed by atoms with Gasteiger partial charge in [-0.25, -0.2) is 0 Å². The van der Waals surface area contributed by atoms with Gasteiger partial charge in [0.05, 0.1) is 0 Å². The highest BCUT2D eigenvalue weighted by Gasteiger charge is 2.23. The number of hydrogen-bond donors (Lipinski definition) is 0. The first-order valence-corrected chi connectivity index (χ1v) is 29.5. The van der Waals surface area contributed by atoms with Crippen molar-refractivity contribution in [2.45, 2.75) is 72.1 Å². The van der Waals surface area contributed by atoms with Gasteiger partial charge in [-0.15, -0.1) is 0 Å². The second kappa shape index (κ2) is 24.2. The van der Waals surface area contributed by atoms with Crippen LogP contribution in [0.25, 0.3) is 87.6 Å². The summed E-state index contributed by atoms with van der Waals surface area (Å²) in [6.45, 7) is 13.4. The first kappa shape index (κ1) is 53.3. The molecule has 0 spiro atoms. The maximum absolute atomic E-state index is 3.56. The smallest absolute Gasteiger partial charge is 0.0496 e. The van der Waals surface area contributed by atoms with E-state index in [9.17, 15) is 0 Å². The van der Waals surface area contributed by atoms with E-state index < -0.39 is 0 Å². The molecule has 12 aromatic carbocycles. The summed E-state index contributed by atoms with van der Waals surface area (Å²) in [5.41, 5.74) is 23.6. The van der Waals surface area contributed by atoms with Crippen LogP contribution in [0.1, 0.15) is 66.0 Å². The normalized spacial score (nSPS) is 12.8. The van der Waals surface area contributed by atoms with Gasteiger partial charge in [-0.3, -0.25) is 0 Å². The van der Waals surface area contributed by atoms with Crippen LogP contribution in [0.15, 0.2) is 274 Å². The number of allylic oxidation sites excluding steroid dienone is 4. The number of nitrogens with zero attached hydrogens (tertiary/aromatic N) is 1. The molecule has 0 radical (unpaired) electrons. The number of rotatable bonds is 9. The van der Waals surface area contributed by atoms with Gasteiger partial charge in [0.25, 0.3) is 0 Å². The van der Waals surface area contributed by atoms with Crippen molar-refractivity contribution in [2.24, 2.45) is 0 Å². The molecule has 2 aliphatic rings. The van der Waals surface area contributed by atoms with Crippen molar-refractivity contribution in [1.29, 1.82) is 0 Å². The molecule has 14 rings (SSSR count). The van der Waals surface area contributed by atoms with E-state index in [1.807, 2.05) is 13.0 Å². The van der Waals surface area contributed by atoms with Crippen LogP contribution in [-0.2, 0) is 25.7 Å². The summed E-state index contributed by atoms with van der Waals surface area (Å²) >= 11 is 0. The van der Waals surface area contributed by atoms with Crippen molar-refractivity contribution in [1.82, 2.24) is 0 Å². The minimum absolute atomic E-state index is 1.12. The molecule has 0 N–H and O–H groups in total. The number of aryl methyl sites for hydroxylation is 5. The van der Waals surface area contributed by atoms with Crippen LogP contribution in [0.2, 0.25) is 0 Å². The van der Waals surface area contributed by atoms with Crippen LogP contribution in [0.3, 0.4) is 0 Å². The van der Waals surface area contributed by atoms with Gasteiger partial charge in [-0.05, 0) is 218 Å². The van der Waals surface area contributed by atoms with Crippen LogP contribution >= 0.6 is 0 Å². The molecule has 0 saturated heterocycles. The summed E-state index contributed by atoms with van der Waals surface area (Å²) in [6, 6.07) is 88.2. The zero-order chi connectivity index (χ0) is 55.9. The zero-order valence-electron chi connectivity index (χ0n) is 47.8. The summed E-state index contributed by atoms with van der Waals surface area (Å²) in [4.78, 5) is 2.46. The predicted octanol–water partition coefficient (Wildman–Crippen LogP) is 22.8. The van der Waals surface area contributed by atoms with E-state index in [1.165, 1.54) is 165 Å². The quantitative estimate of drug-likeness (QED) is 0.103. The number of anilines is 3. The molecule has 0 heterocycles. The van der Waals surface area contributed by atoms with Crippen LogP contribution in [0.5, 0.6) is 0 Å². The first-order chi connectivity index (χ1) is 40.4. The molecule has 12 aromatic rings. The van der Waals surface area contributed by atoms with Crippen molar-refractivity contribution in [2.75, 3.05) is 4.90 Å². The number of benzene rings is 12. The maximum Gasteiger partial charge on any atom is 0.0496 e. The lowest BCUT2D eigenvalue weighted by Crippen LogP contribution is -2.15. The van der Waals surface area contributed by atoms with E-state index in [1.54, 1.807) is 23.3 Å². The molecular formula is C81H71N. The highest BCUT2D eigenvalue weighted by molar-refractivity contribution is 6.23. The molecule has 400 valence electrons. The van der Waals surface area contributed by atoms with E-state index in [0.717, 1.165) is 18.4 Å². The fraction of sp³-hybridized carbons (Fsp3) is 0.136. The van der Waals surface area contributed by atoms with Gasteiger partial charge in [0.1, 0.15) is 0 Å². The summed E-state index contributed by atoms with van der Waals surface area (Å²) in [6.07, 6.45) is 15.6. The fourth-order valence-corrected chi connectivity index (χ4v) is 12.9. The lowest BCUT2D eigenvalue weighted by molar-refractivity contribution is 0.685. The third-order valence-corrected chi connectivity index (χ3v) is 16.9.